The van der Waals surface area contributed by atoms with Crippen LogP contribution in [0.4, 0.5) is 0 Å². The molecular weight excluding hydrogens is 340 g/mol. The van der Waals surface area contributed by atoms with Gasteiger partial charge < -0.3 is 14.5 Å². The Morgan fingerprint density at radius 3 is 2.78 bits per heavy atom. The maximum absolute atomic E-state index is 12.4. The van der Waals surface area contributed by atoms with Crippen molar-refractivity contribution in [2.45, 2.75) is 32.2 Å². The van der Waals surface area contributed by atoms with Gasteiger partial charge in [0, 0.05) is 18.2 Å². The lowest BCUT2D eigenvalue weighted by atomic mass is 10.1. The summed E-state index contributed by atoms with van der Waals surface area (Å²) >= 11 is 0. The maximum atomic E-state index is 12.4. The number of nitrogens with one attached hydrogen (secondary N) is 1. The molecule has 0 radical (unpaired) electrons. The van der Waals surface area contributed by atoms with Crippen LogP contribution in [0.2, 0.25) is 0 Å². The van der Waals surface area contributed by atoms with E-state index >= 15 is 0 Å². The Balaban J connectivity index is 1.61. The third-order valence-corrected chi connectivity index (χ3v) is 4.81. The summed E-state index contributed by atoms with van der Waals surface area (Å²) in [5, 5.41) is 3.02. The van der Waals surface area contributed by atoms with Crippen molar-refractivity contribution in [3.8, 4) is 5.75 Å². The number of carbonyl (C=O) groups excluding carboxylic acids is 1. The van der Waals surface area contributed by atoms with Crippen LogP contribution in [-0.2, 0) is 4.79 Å². The van der Waals surface area contributed by atoms with Gasteiger partial charge in [0.1, 0.15) is 11.5 Å². The van der Waals surface area contributed by atoms with E-state index in [1.807, 2.05) is 43.3 Å². The summed E-state index contributed by atoms with van der Waals surface area (Å²) in [5.41, 5.74) is 0.896. The maximum Gasteiger partial charge on any atom is 0.244 e. The molecule has 1 unspecified atom stereocenters. The smallest absolute Gasteiger partial charge is 0.244 e. The van der Waals surface area contributed by atoms with Crippen LogP contribution in [0.15, 0.2) is 53.2 Å². The summed E-state index contributed by atoms with van der Waals surface area (Å²) in [5.74, 6) is 1.57. The highest BCUT2D eigenvalue weighted by Gasteiger charge is 2.24. The van der Waals surface area contributed by atoms with Crippen molar-refractivity contribution in [2.24, 2.45) is 0 Å². The number of carbonyl (C=O) groups is 1. The van der Waals surface area contributed by atoms with Gasteiger partial charge in [-0.3, -0.25) is 9.69 Å². The average molecular weight is 368 g/mol. The Kier molecular flexibility index (Phi) is 7.11. The molecule has 1 aliphatic heterocycles. The van der Waals surface area contributed by atoms with Crippen LogP contribution in [0.3, 0.4) is 0 Å². The quantitative estimate of drug-likeness (QED) is 0.715. The molecule has 1 atom stereocenters. The van der Waals surface area contributed by atoms with E-state index in [4.69, 9.17) is 9.15 Å². The van der Waals surface area contributed by atoms with Crippen LogP contribution in [-0.4, -0.2) is 37.0 Å². The van der Waals surface area contributed by atoms with E-state index in [9.17, 15) is 4.79 Å². The van der Waals surface area contributed by atoms with Crippen LogP contribution >= 0.6 is 0 Å². The summed E-state index contributed by atoms with van der Waals surface area (Å²) in [7, 11) is 0. The van der Waals surface area contributed by atoms with E-state index < -0.39 is 0 Å². The van der Waals surface area contributed by atoms with Crippen LogP contribution in [0.25, 0.3) is 6.08 Å². The summed E-state index contributed by atoms with van der Waals surface area (Å²) in [6.45, 7) is 5.15. The Morgan fingerprint density at radius 1 is 1.22 bits per heavy atom. The third kappa shape index (κ3) is 5.47. The minimum absolute atomic E-state index is 0.0772. The number of benzene rings is 1. The molecule has 1 aromatic heterocycles. The lowest BCUT2D eigenvalue weighted by Crippen LogP contribution is -2.40. The van der Waals surface area contributed by atoms with Crippen LogP contribution in [0.1, 0.15) is 43.6 Å². The van der Waals surface area contributed by atoms with Crippen molar-refractivity contribution in [1.82, 2.24) is 10.2 Å². The normalized spacial score (nSPS) is 16.3. The molecule has 1 fully saturated rings. The molecule has 0 saturated carbocycles. The second-order valence-corrected chi connectivity index (χ2v) is 6.68. The molecule has 144 valence electrons. The molecule has 27 heavy (non-hydrogen) atoms. The molecule has 1 aromatic carbocycles. The van der Waals surface area contributed by atoms with Crippen molar-refractivity contribution < 1.29 is 13.9 Å². The number of hydrogen-bond acceptors (Lipinski definition) is 4. The van der Waals surface area contributed by atoms with Gasteiger partial charge in [-0.2, -0.15) is 0 Å². The third-order valence-electron chi connectivity index (χ3n) is 4.81. The first-order chi connectivity index (χ1) is 13.3. The Morgan fingerprint density at radius 2 is 2.04 bits per heavy atom. The lowest BCUT2D eigenvalue weighted by molar-refractivity contribution is -0.116. The number of amides is 1. The van der Waals surface area contributed by atoms with Crippen molar-refractivity contribution in [3.05, 3.63) is 60.1 Å². The molecule has 1 aliphatic rings. The van der Waals surface area contributed by atoms with Gasteiger partial charge in [0.25, 0.3) is 0 Å². The molecule has 3 rings (SSSR count). The highest BCUT2D eigenvalue weighted by atomic mass is 16.5. The van der Waals surface area contributed by atoms with E-state index in [1.54, 1.807) is 18.4 Å². The molecule has 1 amide bonds. The molecular formula is C22H28N2O3. The largest absolute Gasteiger partial charge is 0.493 e. The molecule has 0 spiro atoms. The van der Waals surface area contributed by atoms with Gasteiger partial charge in [-0.05, 0) is 57.1 Å². The number of furan rings is 1. The number of nitrogens with zero attached hydrogens (tertiary/aromatic N) is 1. The molecule has 1 N–H and O–H groups in total. The fourth-order valence-electron chi connectivity index (χ4n) is 3.45. The second-order valence-electron chi connectivity index (χ2n) is 6.68. The SMILES string of the molecule is CCOc1ccccc1C=CC(=O)NCC(c1ccco1)N1CCCCC1. The summed E-state index contributed by atoms with van der Waals surface area (Å²) in [4.78, 5) is 14.8. The van der Waals surface area contributed by atoms with Gasteiger partial charge in [-0.15, -0.1) is 0 Å². The Labute approximate surface area is 161 Å². The van der Waals surface area contributed by atoms with Gasteiger partial charge in [-0.25, -0.2) is 0 Å². The fraction of sp³-hybridized carbons (Fsp3) is 0.409. The van der Waals surface area contributed by atoms with E-state index in [-0.39, 0.29) is 11.9 Å². The van der Waals surface area contributed by atoms with Crippen LogP contribution in [0.5, 0.6) is 5.75 Å². The monoisotopic (exact) mass is 368 g/mol. The summed E-state index contributed by atoms with van der Waals surface area (Å²) < 4.78 is 11.2. The van der Waals surface area contributed by atoms with Crippen molar-refractivity contribution in [2.75, 3.05) is 26.2 Å². The molecule has 5 nitrogen and oxygen atoms in total. The zero-order valence-corrected chi connectivity index (χ0v) is 15.9. The number of piperidine rings is 1. The van der Waals surface area contributed by atoms with E-state index in [0.29, 0.717) is 13.2 Å². The Hall–Kier alpha value is -2.53. The standard InChI is InChI=1S/C22H28N2O3/c1-2-26-20-10-5-4-9-18(20)12-13-22(25)23-17-19(21-11-8-16-27-21)24-14-6-3-7-15-24/h4-5,8-13,16,19H,2-3,6-7,14-15,17H2,1H3,(H,23,25). The molecule has 1 saturated heterocycles. The first kappa shape index (κ1) is 19.2. The van der Waals surface area contributed by atoms with Crippen LogP contribution < -0.4 is 10.1 Å². The van der Waals surface area contributed by atoms with Crippen molar-refractivity contribution in [1.29, 1.82) is 0 Å². The molecule has 2 aromatic rings. The van der Waals surface area contributed by atoms with Gasteiger partial charge in [0.15, 0.2) is 0 Å². The predicted octanol–water partition coefficient (Wildman–Crippen LogP) is 4.03. The first-order valence-electron chi connectivity index (χ1n) is 9.73. The second kappa shape index (κ2) is 9.97. The fourth-order valence-corrected chi connectivity index (χ4v) is 3.45. The molecule has 5 heteroatoms. The average Bonchev–Trinajstić information content (AvgIpc) is 3.23. The molecule has 0 bridgehead atoms. The number of hydrogen-bond donors (Lipinski definition) is 1. The molecule has 0 aliphatic carbocycles. The zero-order chi connectivity index (χ0) is 18.9. The van der Waals surface area contributed by atoms with Gasteiger partial charge in [0.05, 0.1) is 18.9 Å². The predicted molar refractivity (Wildman–Crippen MR) is 107 cm³/mol. The van der Waals surface area contributed by atoms with E-state index in [2.05, 4.69) is 10.2 Å². The molecule has 2 heterocycles. The first-order valence-corrected chi connectivity index (χ1v) is 9.73. The zero-order valence-electron chi connectivity index (χ0n) is 15.9. The number of para-hydroxylation sites is 1. The van der Waals surface area contributed by atoms with Gasteiger partial charge >= 0.3 is 0 Å². The van der Waals surface area contributed by atoms with Crippen molar-refractivity contribution in [3.63, 3.8) is 0 Å². The number of rotatable bonds is 8. The summed E-state index contributed by atoms with van der Waals surface area (Å²) in [6, 6.07) is 11.7. The number of ether oxygens (including phenoxy) is 1. The topological polar surface area (TPSA) is 54.7 Å². The minimum atomic E-state index is -0.116. The van der Waals surface area contributed by atoms with E-state index in [1.165, 1.54) is 19.3 Å². The number of likely N-dealkylation sites (tertiary alicyclic amines) is 1. The highest BCUT2D eigenvalue weighted by molar-refractivity contribution is 5.92. The van der Waals surface area contributed by atoms with E-state index in [0.717, 1.165) is 30.2 Å². The van der Waals surface area contributed by atoms with Crippen LogP contribution in [0, 0.1) is 0 Å². The Bertz CT molecular complexity index is 734. The van der Waals surface area contributed by atoms with Gasteiger partial charge in [-0.1, -0.05) is 24.6 Å². The van der Waals surface area contributed by atoms with Crippen molar-refractivity contribution >= 4 is 12.0 Å². The highest BCUT2D eigenvalue weighted by Crippen LogP contribution is 2.24. The lowest BCUT2D eigenvalue weighted by Gasteiger charge is -2.33. The summed E-state index contributed by atoms with van der Waals surface area (Å²) in [6.07, 6.45) is 8.71. The minimum Gasteiger partial charge on any atom is -0.493 e. The van der Waals surface area contributed by atoms with Gasteiger partial charge in [0.2, 0.25) is 5.91 Å².